The lowest BCUT2D eigenvalue weighted by Crippen LogP contribution is -2.26. The highest BCUT2D eigenvalue weighted by Crippen LogP contribution is 2.31. The van der Waals surface area contributed by atoms with E-state index in [9.17, 15) is 9.59 Å². The molecular formula is C28H28N4O2S. The van der Waals surface area contributed by atoms with Crippen molar-refractivity contribution in [1.29, 1.82) is 0 Å². The molecule has 0 saturated carbocycles. The average Bonchev–Trinajstić information content (AvgIpc) is 3.20. The first kappa shape index (κ1) is 23.2. The van der Waals surface area contributed by atoms with Gasteiger partial charge in [0.25, 0.3) is 5.56 Å². The molecule has 0 aliphatic heterocycles. The van der Waals surface area contributed by atoms with Crippen LogP contribution in [-0.4, -0.2) is 25.8 Å². The zero-order chi connectivity index (χ0) is 24.5. The molecule has 0 aliphatic rings. The smallest absolute Gasteiger partial charge is 0.262 e. The first-order valence-electron chi connectivity index (χ1n) is 12.0. The third-order valence-corrected chi connectivity index (χ3v) is 7.46. The van der Waals surface area contributed by atoms with Crippen LogP contribution in [0.5, 0.6) is 0 Å². The van der Waals surface area contributed by atoms with Crippen molar-refractivity contribution in [3.8, 4) is 0 Å². The third-order valence-electron chi connectivity index (χ3n) is 6.51. The summed E-state index contributed by atoms with van der Waals surface area (Å²) in [6.07, 6.45) is 0.797. The monoisotopic (exact) mass is 484 g/mol. The molecule has 178 valence electrons. The maximum Gasteiger partial charge on any atom is 0.262 e. The van der Waals surface area contributed by atoms with E-state index in [1.807, 2.05) is 56.3 Å². The number of carbonyl (C=O) groups excluding carboxylic acids is 1. The second-order valence-corrected chi connectivity index (χ2v) is 9.62. The molecule has 0 radical (unpaired) electrons. The van der Waals surface area contributed by atoms with Gasteiger partial charge in [0.05, 0.1) is 16.7 Å². The number of aryl methyl sites for hydroxylation is 1. The molecule has 1 N–H and O–H groups in total. The number of hydrogen-bond acceptors (Lipinski definition) is 4. The summed E-state index contributed by atoms with van der Waals surface area (Å²) in [5.41, 5.74) is 3.68. The highest BCUT2D eigenvalue weighted by Gasteiger charge is 2.17. The summed E-state index contributed by atoms with van der Waals surface area (Å²) >= 11 is 1.30. The van der Waals surface area contributed by atoms with E-state index in [4.69, 9.17) is 4.98 Å². The van der Waals surface area contributed by atoms with Gasteiger partial charge in [-0.15, -0.1) is 0 Å². The lowest BCUT2D eigenvalue weighted by atomic mass is 10.1. The van der Waals surface area contributed by atoms with E-state index in [2.05, 4.69) is 35.0 Å². The van der Waals surface area contributed by atoms with Crippen LogP contribution < -0.4 is 10.9 Å². The summed E-state index contributed by atoms with van der Waals surface area (Å²) in [6, 6.07) is 21.7. The van der Waals surface area contributed by atoms with E-state index >= 15 is 0 Å². The summed E-state index contributed by atoms with van der Waals surface area (Å²) in [7, 11) is 0. The van der Waals surface area contributed by atoms with Crippen LogP contribution in [0, 0.1) is 0 Å². The molecule has 0 saturated heterocycles. The minimum absolute atomic E-state index is 0.0107. The second-order valence-electron chi connectivity index (χ2n) is 8.67. The normalized spacial score (nSPS) is 12.4. The number of benzene rings is 3. The van der Waals surface area contributed by atoms with Crippen LogP contribution in [0.4, 0.5) is 5.69 Å². The number of para-hydroxylation sites is 2. The number of thioether (sulfide) groups is 1. The first-order chi connectivity index (χ1) is 17.0. The minimum Gasteiger partial charge on any atom is -0.341 e. The van der Waals surface area contributed by atoms with Gasteiger partial charge in [-0.1, -0.05) is 49.0 Å². The van der Waals surface area contributed by atoms with Gasteiger partial charge in [-0.05, 0) is 56.7 Å². The Morgan fingerprint density at radius 1 is 0.971 bits per heavy atom. The predicted octanol–water partition coefficient (Wildman–Crippen LogP) is 6.23. The number of aromatic nitrogens is 3. The van der Waals surface area contributed by atoms with Crippen molar-refractivity contribution in [2.45, 2.75) is 44.9 Å². The highest BCUT2D eigenvalue weighted by atomic mass is 32.2. The summed E-state index contributed by atoms with van der Waals surface area (Å²) in [6.45, 7) is 7.06. The number of hydrogen-bond donors (Lipinski definition) is 1. The van der Waals surface area contributed by atoms with Gasteiger partial charge in [0, 0.05) is 40.1 Å². The van der Waals surface area contributed by atoms with E-state index in [1.165, 1.54) is 22.7 Å². The van der Waals surface area contributed by atoms with Crippen LogP contribution in [0.25, 0.3) is 32.7 Å². The van der Waals surface area contributed by atoms with Crippen molar-refractivity contribution in [3.05, 3.63) is 77.1 Å². The molecule has 1 amide bonds. The number of nitrogens with one attached hydrogen (secondary N) is 1. The number of anilines is 1. The Hall–Kier alpha value is -3.58. The number of nitrogens with zero attached hydrogens (tertiary/aromatic N) is 3. The molecule has 0 spiro atoms. The second kappa shape index (κ2) is 9.58. The molecule has 3 aromatic carbocycles. The molecule has 5 rings (SSSR count). The van der Waals surface area contributed by atoms with E-state index in [1.54, 1.807) is 10.6 Å². The largest absolute Gasteiger partial charge is 0.341 e. The molecule has 0 bridgehead atoms. The topological polar surface area (TPSA) is 68.9 Å². The van der Waals surface area contributed by atoms with Crippen molar-refractivity contribution < 1.29 is 4.79 Å². The van der Waals surface area contributed by atoms with Crippen LogP contribution in [-0.2, 0) is 11.3 Å². The lowest BCUT2D eigenvalue weighted by Gasteiger charge is -2.18. The van der Waals surface area contributed by atoms with Crippen LogP contribution in [0.1, 0.15) is 33.2 Å². The molecule has 5 aromatic rings. The average molecular weight is 485 g/mol. The number of fused-ring (bicyclic) bond motifs is 4. The summed E-state index contributed by atoms with van der Waals surface area (Å²) in [4.78, 5) is 30.8. The van der Waals surface area contributed by atoms with Crippen molar-refractivity contribution in [1.82, 2.24) is 14.1 Å². The maximum absolute atomic E-state index is 13.2. The van der Waals surface area contributed by atoms with Gasteiger partial charge in [-0.2, -0.15) is 0 Å². The molecule has 7 heteroatoms. The third kappa shape index (κ3) is 4.21. The lowest BCUT2D eigenvalue weighted by molar-refractivity contribution is -0.113. The zero-order valence-electron chi connectivity index (χ0n) is 20.1. The van der Waals surface area contributed by atoms with Crippen molar-refractivity contribution in [2.24, 2.45) is 0 Å². The molecule has 2 heterocycles. The van der Waals surface area contributed by atoms with Gasteiger partial charge in [0.1, 0.15) is 0 Å². The van der Waals surface area contributed by atoms with E-state index < -0.39 is 0 Å². The molecule has 1 unspecified atom stereocenters. The van der Waals surface area contributed by atoms with Gasteiger partial charge in [-0.3, -0.25) is 14.2 Å². The molecule has 6 nitrogen and oxygen atoms in total. The maximum atomic E-state index is 13.2. The standard InChI is InChI=1S/C28H28N4O2S/c1-4-18(3)32-27(34)21-11-6-8-12-23(21)30-28(32)35-17-26(33)29-19-14-15-25-22(16-19)20-10-7-9-13-24(20)31(25)5-2/h6-16,18H,4-5,17H2,1-3H3,(H,29,33). The predicted molar refractivity (Wildman–Crippen MR) is 145 cm³/mol. The Balaban J connectivity index is 1.41. The molecule has 0 fully saturated rings. The van der Waals surface area contributed by atoms with Crippen molar-refractivity contribution in [3.63, 3.8) is 0 Å². The molecule has 1 atom stereocenters. The van der Waals surface area contributed by atoms with Gasteiger partial charge in [0.15, 0.2) is 5.16 Å². The Morgan fingerprint density at radius 2 is 1.69 bits per heavy atom. The van der Waals surface area contributed by atoms with E-state index in [0.717, 1.165) is 29.6 Å². The molecule has 2 aromatic heterocycles. The highest BCUT2D eigenvalue weighted by molar-refractivity contribution is 7.99. The summed E-state index contributed by atoms with van der Waals surface area (Å²) in [5, 5.41) is 6.49. The van der Waals surface area contributed by atoms with Gasteiger partial charge < -0.3 is 9.88 Å². The Bertz CT molecular complexity index is 1620. The van der Waals surface area contributed by atoms with Crippen molar-refractivity contribution in [2.75, 3.05) is 11.1 Å². The van der Waals surface area contributed by atoms with Crippen LogP contribution >= 0.6 is 11.8 Å². The molecule has 35 heavy (non-hydrogen) atoms. The Morgan fingerprint density at radius 3 is 2.46 bits per heavy atom. The SMILES string of the molecule is CCC(C)n1c(SCC(=O)Nc2ccc3c(c2)c2ccccc2n3CC)nc2ccccc2c1=O. The fraction of sp³-hybridized carbons (Fsp3) is 0.250. The quantitative estimate of drug-likeness (QED) is 0.220. The van der Waals surface area contributed by atoms with Crippen LogP contribution in [0.3, 0.4) is 0 Å². The summed E-state index contributed by atoms with van der Waals surface area (Å²) < 4.78 is 4.00. The van der Waals surface area contributed by atoms with Crippen LogP contribution in [0.2, 0.25) is 0 Å². The number of amides is 1. The van der Waals surface area contributed by atoms with Crippen molar-refractivity contribution >= 4 is 56.1 Å². The molecule has 0 aliphatic carbocycles. The van der Waals surface area contributed by atoms with Gasteiger partial charge in [-0.25, -0.2) is 4.98 Å². The zero-order valence-corrected chi connectivity index (χ0v) is 20.9. The molecular weight excluding hydrogens is 456 g/mol. The Kier molecular flexibility index (Phi) is 6.34. The first-order valence-corrected chi connectivity index (χ1v) is 12.9. The fourth-order valence-corrected chi connectivity index (χ4v) is 5.50. The number of carbonyl (C=O) groups is 1. The number of rotatable bonds is 7. The van der Waals surface area contributed by atoms with Gasteiger partial charge >= 0.3 is 0 Å². The van der Waals surface area contributed by atoms with E-state index in [0.29, 0.717) is 16.1 Å². The Labute approximate surface area is 208 Å². The minimum atomic E-state index is -0.133. The van der Waals surface area contributed by atoms with E-state index in [-0.39, 0.29) is 23.3 Å². The van der Waals surface area contributed by atoms with Crippen LogP contribution in [0.15, 0.2) is 76.7 Å². The fourth-order valence-electron chi connectivity index (χ4n) is 4.60. The summed E-state index contributed by atoms with van der Waals surface area (Å²) in [5.74, 6) is 0.0300. The van der Waals surface area contributed by atoms with Gasteiger partial charge in [0.2, 0.25) is 5.91 Å².